The molecule has 1 fully saturated rings. The Kier molecular flexibility index (Phi) is 3.26. The van der Waals surface area contributed by atoms with Gasteiger partial charge in [-0.3, -0.25) is 4.68 Å². The van der Waals surface area contributed by atoms with Gasteiger partial charge in [-0.25, -0.2) is 4.79 Å². The summed E-state index contributed by atoms with van der Waals surface area (Å²) in [5.41, 5.74) is 1.06. The lowest BCUT2D eigenvalue weighted by molar-refractivity contribution is -0.111. The predicted molar refractivity (Wildman–Crippen MR) is 60.9 cm³/mol. The third-order valence-electron chi connectivity index (χ3n) is 3.50. The van der Waals surface area contributed by atoms with E-state index >= 15 is 0 Å². The SMILES string of the molecule is Cn1nc(C2CCC(C=O)CC2)cc1C(=O)O. The second kappa shape index (κ2) is 4.69. The summed E-state index contributed by atoms with van der Waals surface area (Å²) in [6.07, 6.45) is 4.62. The lowest BCUT2D eigenvalue weighted by Gasteiger charge is -2.23. The van der Waals surface area contributed by atoms with Crippen LogP contribution in [0.25, 0.3) is 0 Å². The Morgan fingerprint density at radius 3 is 2.59 bits per heavy atom. The fourth-order valence-corrected chi connectivity index (χ4v) is 2.44. The third kappa shape index (κ3) is 2.38. The molecule has 1 aliphatic carbocycles. The monoisotopic (exact) mass is 236 g/mol. The summed E-state index contributed by atoms with van der Waals surface area (Å²) in [6.45, 7) is 0. The number of carbonyl (C=O) groups is 2. The fraction of sp³-hybridized carbons (Fsp3) is 0.583. The van der Waals surface area contributed by atoms with Gasteiger partial charge in [-0.15, -0.1) is 0 Å². The minimum absolute atomic E-state index is 0.175. The van der Waals surface area contributed by atoms with Crippen molar-refractivity contribution < 1.29 is 14.7 Å². The number of nitrogens with zero attached hydrogens (tertiary/aromatic N) is 2. The molecular formula is C12H16N2O3. The number of aldehydes is 1. The lowest BCUT2D eigenvalue weighted by atomic mass is 9.81. The van der Waals surface area contributed by atoms with E-state index in [1.807, 2.05) is 0 Å². The second-order valence-corrected chi connectivity index (χ2v) is 4.63. The van der Waals surface area contributed by atoms with E-state index in [1.165, 1.54) is 4.68 Å². The number of aromatic nitrogens is 2. The molecular weight excluding hydrogens is 220 g/mol. The molecule has 92 valence electrons. The van der Waals surface area contributed by atoms with Crippen LogP contribution in [0, 0.1) is 5.92 Å². The molecule has 0 saturated heterocycles. The molecule has 0 bridgehead atoms. The van der Waals surface area contributed by atoms with Gasteiger partial charge in [0.15, 0.2) is 0 Å². The Bertz CT molecular complexity index is 431. The molecule has 0 aliphatic heterocycles. The molecule has 5 heteroatoms. The predicted octanol–water partition coefficient (Wildman–Crippen LogP) is 1.59. The Hall–Kier alpha value is -1.65. The summed E-state index contributed by atoms with van der Waals surface area (Å²) >= 11 is 0. The molecule has 1 aliphatic rings. The Morgan fingerprint density at radius 1 is 1.47 bits per heavy atom. The van der Waals surface area contributed by atoms with Crippen molar-refractivity contribution in [3.05, 3.63) is 17.5 Å². The third-order valence-corrected chi connectivity index (χ3v) is 3.50. The van der Waals surface area contributed by atoms with Crippen molar-refractivity contribution in [1.29, 1.82) is 0 Å². The number of carboxylic acid groups (broad SMARTS) is 1. The number of carboxylic acids is 1. The minimum atomic E-state index is -0.951. The molecule has 0 aromatic carbocycles. The van der Waals surface area contributed by atoms with E-state index in [0.29, 0.717) is 5.92 Å². The van der Waals surface area contributed by atoms with Crippen LogP contribution in [0.2, 0.25) is 0 Å². The van der Waals surface area contributed by atoms with Crippen LogP contribution in [0.1, 0.15) is 47.8 Å². The van der Waals surface area contributed by atoms with Gasteiger partial charge in [-0.2, -0.15) is 5.10 Å². The highest BCUT2D eigenvalue weighted by molar-refractivity contribution is 5.85. The van der Waals surface area contributed by atoms with Gasteiger partial charge in [-0.05, 0) is 31.7 Å². The summed E-state index contributed by atoms with van der Waals surface area (Å²) in [7, 11) is 1.64. The maximum absolute atomic E-state index is 10.9. The van der Waals surface area contributed by atoms with E-state index in [0.717, 1.165) is 37.7 Å². The van der Waals surface area contributed by atoms with Gasteiger partial charge in [0.1, 0.15) is 12.0 Å². The number of hydrogen-bond donors (Lipinski definition) is 1. The van der Waals surface area contributed by atoms with Crippen molar-refractivity contribution in [2.75, 3.05) is 0 Å². The number of carbonyl (C=O) groups excluding carboxylic acids is 1. The van der Waals surface area contributed by atoms with Crippen molar-refractivity contribution in [2.45, 2.75) is 31.6 Å². The summed E-state index contributed by atoms with van der Waals surface area (Å²) in [5.74, 6) is -0.479. The van der Waals surface area contributed by atoms with Crippen LogP contribution in [0.15, 0.2) is 6.07 Å². The molecule has 2 rings (SSSR count). The van der Waals surface area contributed by atoms with E-state index < -0.39 is 5.97 Å². The van der Waals surface area contributed by atoms with Gasteiger partial charge in [-0.1, -0.05) is 0 Å². The van der Waals surface area contributed by atoms with Crippen LogP contribution in [0.3, 0.4) is 0 Å². The van der Waals surface area contributed by atoms with E-state index in [2.05, 4.69) is 5.10 Å². The van der Waals surface area contributed by atoms with E-state index in [9.17, 15) is 9.59 Å². The Morgan fingerprint density at radius 2 is 2.12 bits per heavy atom. The van der Waals surface area contributed by atoms with Crippen LogP contribution in [0.4, 0.5) is 0 Å². The van der Waals surface area contributed by atoms with Crippen LogP contribution in [-0.4, -0.2) is 27.1 Å². The molecule has 0 atom stereocenters. The van der Waals surface area contributed by atoms with Crippen LogP contribution in [-0.2, 0) is 11.8 Å². The van der Waals surface area contributed by atoms with Crippen LogP contribution < -0.4 is 0 Å². The molecule has 0 spiro atoms. The smallest absolute Gasteiger partial charge is 0.354 e. The first-order chi connectivity index (χ1) is 8.11. The number of rotatable bonds is 3. The molecule has 5 nitrogen and oxygen atoms in total. The summed E-state index contributed by atoms with van der Waals surface area (Å²) < 4.78 is 1.41. The summed E-state index contributed by atoms with van der Waals surface area (Å²) in [4.78, 5) is 21.6. The summed E-state index contributed by atoms with van der Waals surface area (Å²) in [5, 5.41) is 13.2. The standard InChI is InChI=1S/C12H16N2O3/c1-14-11(12(16)17)6-10(13-14)9-4-2-8(7-15)3-5-9/h6-9H,2-5H2,1H3,(H,16,17). The lowest BCUT2D eigenvalue weighted by Crippen LogP contribution is -2.14. The molecule has 1 heterocycles. The Balaban J connectivity index is 2.11. The van der Waals surface area contributed by atoms with E-state index in [-0.39, 0.29) is 11.6 Å². The normalized spacial score (nSPS) is 24.5. The Labute approximate surface area is 99.4 Å². The molecule has 1 N–H and O–H groups in total. The average molecular weight is 236 g/mol. The zero-order valence-corrected chi connectivity index (χ0v) is 9.80. The van der Waals surface area contributed by atoms with Crippen LogP contribution >= 0.6 is 0 Å². The van der Waals surface area contributed by atoms with Crippen molar-refractivity contribution >= 4 is 12.3 Å². The van der Waals surface area contributed by atoms with E-state index in [4.69, 9.17) is 5.11 Å². The minimum Gasteiger partial charge on any atom is -0.477 e. The first-order valence-electron chi connectivity index (χ1n) is 5.84. The van der Waals surface area contributed by atoms with Crippen molar-refractivity contribution in [1.82, 2.24) is 9.78 Å². The van der Waals surface area contributed by atoms with Crippen LogP contribution in [0.5, 0.6) is 0 Å². The van der Waals surface area contributed by atoms with Gasteiger partial charge in [0.25, 0.3) is 0 Å². The van der Waals surface area contributed by atoms with Crippen molar-refractivity contribution in [2.24, 2.45) is 13.0 Å². The largest absolute Gasteiger partial charge is 0.477 e. The molecule has 1 saturated carbocycles. The quantitative estimate of drug-likeness (QED) is 0.809. The highest BCUT2D eigenvalue weighted by atomic mass is 16.4. The number of aromatic carboxylic acids is 1. The zero-order valence-electron chi connectivity index (χ0n) is 9.80. The molecule has 17 heavy (non-hydrogen) atoms. The van der Waals surface area contributed by atoms with Crippen molar-refractivity contribution in [3.8, 4) is 0 Å². The zero-order chi connectivity index (χ0) is 12.4. The number of hydrogen-bond acceptors (Lipinski definition) is 3. The highest BCUT2D eigenvalue weighted by Crippen LogP contribution is 2.34. The first kappa shape index (κ1) is 11.8. The average Bonchev–Trinajstić information content (AvgIpc) is 2.71. The van der Waals surface area contributed by atoms with Gasteiger partial charge in [0.05, 0.1) is 5.69 Å². The first-order valence-corrected chi connectivity index (χ1v) is 5.84. The topological polar surface area (TPSA) is 72.2 Å². The molecule has 0 radical (unpaired) electrons. The summed E-state index contributed by atoms with van der Waals surface area (Å²) in [6, 6.07) is 1.65. The van der Waals surface area contributed by atoms with Crippen molar-refractivity contribution in [3.63, 3.8) is 0 Å². The molecule has 1 aromatic heterocycles. The maximum Gasteiger partial charge on any atom is 0.354 e. The number of aryl methyl sites for hydroxylation is 1. The maximum atomic E-state index is 10.9. The van der Waals surface area contributed by atoms with Gasteiger partial charge >= 0.3 is 5.97 Å². The molecule has 1 aromatic rings. The highest BCUT2D eigenvalue weighted by Gasteiger charge is 2.25. The molecule has 0 unspecified atom stereocenters. The van der Waals surface area contributed by atoms with Gasteiger partial charge in [0, 0.05) is 18.9 Å². The van der Waals surface area contributed by atoms with Gasteiger partial charge in [0.2, 0.25) is 0 Å². The fourth-order valence-electron chi connectivity index (χ4n) is 2.44. The molecule has 0 amide bonds. The van der Waals surface area contributed by atoms with Gasteiger partial charge < -0.3 is 9.90 Å². The van der Waals surface area contributed by atoms with E-state index in [1.54, 1.807) is 13.1 Å². The second-order valence-electron chi connectivity index (χ2n) is 4.63.